The van der Waals surface area contributed by atoms with Gasteiger partial charge in [0.1, 0.15) is 23.2 Å². The molecule has 0 bridgehead atoms. The number of hydrogen-bond acceptors (Lipinski definition) is 6. The molecule has 2 heterocycles. The third-order valence-electron chi connectivity index (χ3n) is 4.09. The molecule has 0 radical (unpaired) electrons. The van der Waals surface area contributed by atoms with E-state index in [2.05, 4.69) is 4.98 Å². The van der Waals surface area contributed by atoms with Gasteiger partial charge in [-0.25, -0.2) is 9.78 Å². The van der Waals surface area contributed by atoms with E-state index in [0.717, 1.165) is 4.57 Å². The van der Waals surface area contributed by atoms with Gasteiger partial charge in [-0.1, -0.05) is 12.1 Å². The lowest BCUT2D eigenvalue weighted by atomic mass is 9.97. The van der Waals surface area contributed by atoms with Crippen LogP contribution in [0.15, 0.2) is 33.9 Å². The van der Waals surface area contributed by atoms with Crippen molar-refractivity contribution in [3.63, 3.8) is 0 Å². The Bertz CT molecular complexity index is 1170. The van der Waals surface area contributed by atoms with Crippen molar-refractivity contribution in [1.29, 1.82) is 5.26 Å². The lowest BCUT2D eigenvalue weighted by Gasteiger charge is -2.14. The Morgan fingerprint density at radius 3 is 2.60 bits per heavy atom. The summed E-state index contributed by atoms with van der Waals surface area (Å²) in [7, 11) is 4.39. The number of ether oxygens (including phenoxy) is 1. The molecule has 0 atom stereocenters. The molecule has 3 rings (SSSR count). The van der Waals surface area contributed by atoms with Crippen molar-refractivity contribution >= 4 is 16.9 Å². The van der Waals surface area contributed by atoms with Crippen LogP contribution >= 0.6 is 0 Å². The molecule has 0 aliphatic rings. The van der Waals surface area contributed by atoms with E-state index >= 15 is 0 Å². The van der Waals surface area contributed by atoms with Crippen LogP contribution in [0.3, 0.4) is 0 Å². The lowest BCUT2D eigenvalue weighted by molar-refractivity contribution is 0.415. The standard InChI is InChI=1S/C17H15N5O3/c1-21-15-13(16(23)22(2)17(21)24)12(11(8-18)14(19)20-15)9-5-4-6-10(7-9)25-3/h4-7H,1-3H3,(H2,19,20). The first-order valence-corrected chi connectivity index (χ1v) is 7.34. The number of nitrogens with two attached hydrogens (primary N) is 1. The maximum atomic E-state index is 12.8. The fourth-order valence-corrected chi connectivity index (χ4v) is 2.79. The normalized spacial score (nSPS) is 10.6. The summed E-state index contributed by atoms with van der Waals surface area (Å²) < 4.78 is 7.43. The van der Waals surface area contributed by atoms with Crippen molar-refractivity contribution in [2.24, 2.45) is 14.1 Å². The molecule has 0 saturated heterocycles. The van der Waals surface area contributed by atoms with E-state index < -0.39 is 11.2 Å². The molecule has 0 unspecified atom stereocenters. The van der Waals surface area contributed by atoms with Gasteiger partial charge in [0.25, 0.3) is 5.56 Å². The molecule has 2 N–H and O–H groups in total. The van der Waals surface area contributed by atoms with Crippen molar-refractivity contribution in [3.8, 4) is 22.9 Å². The Labute approximate surface area is 142 Å². The number of fused-ring (bicyclic) bond motifs is 1. The second-order valence-electron chi connectivity index (χ2n) is 5.50. The third kappa shape index (κ3) is 2.33. The van der Waals surface area contributed by atoms with Crippen molar-refractivity contribution in [1.82, 2.24) is 14.1 Å². The third-order valence-corrected chi connectivity index (χ3v) is 4.09. The average molecular weight is 337 g/mol. The average Bonchev–Trinajstić information content (AvgIpc) is 2.63. The van der Waals surface area contributed by atoms with Crippen LogP contribution in [-0.4, -0.2) is 21.2 Å². The number of nitrogens with zero attached hydrogens (tertiary/aromatic N) is 4. The van der Waals surface area contributed by atoms with Crippen LogP contribution in [0.2, 0.25) is 0 Å². The van der Waals surface area contributed by atoms with Gasteiger partial charge in [0.05, 0.1) is 12.5 Å². The van der Waals surface area contributed by atoms with Gasteiger partial charge in [-0.3, -0.25) is 13.9 Å². The smallest absolute Gasteiger partial charge is 0.332 e. The number of benzene rings is 1. The summed E-state index contributed by atoms with van der Waals surface area (Å²) >= 11 is 0. The Hall–Kier alpha value is -3.60. The minimum atomic E-state index is -0.542. The van der Waals surface area contributed by atoms with Gasteiger partial charge in [0.2, 0.25) is 0 Å². The number of nitrogen functional groups attached to an aromatic ring is 1. The van der Waals surface area contributed by atoms with Crippen molar-refractivity contribution in [3.05, 3.63) is 50.7 Å². The Balaban J connectivity index is 2.63. The van der Waals surface area contributed by atoms with E-state index in [4.69, 9.17) is 10.5 Å². The van der Waals surface area contributed by atoms with E-state index in [-0.39, 0.29) is 22.4 Å². The predicted octanol–water partition coefficient (Wildman–Crippen LogP) is 0.762. The van der Waals surface area contributed by atoms with E-state index in [1.807, 2.05) is 6.07 Å². The van der Waals surface area contributed by atoms with Gasteiger partial charge >= 0.3 is 5.69 Å². The minimum Gasteiger partial charge on any atom is -0.497 e. The number of rotatable bonds is 2. The predicted molar refractivity (Wildman–Crippen MR) is 93.3 cm³/mol. The molecule has 0 aliphatic heterocycles. The van der Waals surface area contributed by atoms with Crippen molar-refractivity contribution in [2.75, 3.05) is 12.8 Å². The molecule has 126 valence electrons. The van der Waals surface area contributed by atoms with Gasteiger partial charge in [0.15, 0.2) is 5.65 Å². The van der Waals surface area contributed by atoms with Gasteiger partial charge < -0.3 is 10.5 Å². The van der Waals surface area contributed by atoms with E-state index in [1.54, 1.807) is 24.3 Å². The molecule has 3 aromatic rings. The molecule has 8 heteroatoms. The molecule has 8 nitrogen and oxygen atoms in total. The van der Waals surface area contributed by atoms with Gasteiger partial charge in [0, 0.05) is 19.7 Å². The summed E-state index contributed by atoms with van der Waals surface area (Å²) in [6.45, 7) is 0. The summed E-state index contributed by atoms with van der Waals surface area (Å²) in [5, 5.41) is 9.71. The molecule has 0 spiro atoms. The van der Waals surface area contributed by atoms with E-state index in [1.165, 1.54) is 25.8 Å². The molecular weight excluding hydrogens is 322 g/mol. The molecule has 0 aliphatic carbocycles. The van der Waals surface area contributed by atoms with Crippen LogP contribution in [-0.2, 0) is 14.1 Å². The number of pyridine rings is 1. The number of hydrogen-bond donors (Lipinski definition) is 1. The molecular formula is C17H15N5O3. The zero-order valence-corrected chi connectivity index (χ0v) is 13.9. The molecule has 0 saturated carbocycles. The monoisotopic (exact) mass is 337 g/mol. The van der Waals surface area contributed by atoms with Crippen molar-refractivity contribution in [2.45, 2.75) is 0 Å². The summed E-state index contributed by atoms with van der Waals surface area (Å²) in [5.41, 5.74) is 5.98. The van der Waals surface area contributed by atoms with E-state index in [0.29, 0.717) is 16.9 Å². The number of methoxy groups -OCH3 is 1. The first-order chi connectivity index (χ1) is 11.9. The maximum Gasteiger partial charge on any atom is 0.332 e. The van der Waals surface area contributed by atoms with Crippen LogP contribution in [0, 0.1) is 11.3 Å². The quantitative estimate of drug-likeness (QED) is 0.738. The summed E-state index contributed by atoms with van der Waals surface area (Å²) in [5.74, 6) is 0.516. The highest BCUT2D eigenvalue weighted by Gasteiger charge is 2.21. The van der Waals surface area contributed by atoms with Crippen LogP contribution in [0.4, 0.5) is 5.82 Å². The number of nitriles is 1. The zero-order valence-electron chi connectivity index (χ0n) is 13.9. The minimum absolute atomic E-state index is 0.0453. The van der Waals surface area contributed by atoms with Crippen LogP contribution in [0.5, 0.6) is 5.75 Å². The van der Waals surface area contributed by atoms with Gasteiger partial charge in [-0.05, 0) is 17.7 Å². The SMILES string of the molecule is COc1cccc(-c2c(C#N)c(N)nc3c2c(=O)n(C)c(=O)n3C)c1. The summed E-state index contributed by atoms with van der Waals surface area (Å²) in [6.07, 6.45) is 0. The second kappa shape index (κ2) is 5.79. The highest BCUT2D eigenvalue weighted by atomic mass is 16.5. The Morgan fingerprint density at radius 1 is 1.24 bits per heavy atom. The zero-order chi connectivity index (χ0) is 18.3. The highest BCUT2D eigenvalue weighted by molar-refractivity contribution is 5.98. The summed E-state index contributed by atoms with van der Waals surface area (Å²) in [6, 6.07) is 8.93. The fourth-order valence-electron chi connectivity index (χ4n) is 2.79. The fraction of sp³-hybridized carbons (Fsp3) is 0.176. The molecule has 25 heavy (non-hydrogen) atoms. The first-order valence-electron chi connectivity index (χ1n) is 7.34. The van der Waals surface area contributed by atoms with E-state index in [9.17, 15) is 14.9 Å². The van der Waals surface area contributed by atoms with Crippen molar-refractivity contribution < 1.29 is 4.74 Å². The maximum absolute atomic E-state index is 12.8. The largest absolute Gasteiger partial charge is 0.497 e. The Kier molecular flexibility index (Phi) is 3.77. The number of aryl methyl sites for hydroxylation is 1. The van der Waals surface area contributed by atoms with Crippen LogP contribution in [0.25, 0.3) is 22.2 Å². The molecule has 0 fully saturated rings. The highest BCUT2D eigenvalue weighted by Crippen LogP contribution is 2.33. The van der Waals surface area contributed by atoms with Gasteiger partial charge in [-0.15, -0.1) is 0 Å². The molecule has 1 aromatic carbocycles. The summed E-state index contributed by atoms with van der Waals surface area (Å²) in [4.78, 5) is 29.0. The van der Waals surface area contributed by atoms with Crippen LogP contribution in [0.1, 0.15) is 5.56 Å². The van der Waals surface area contributed by atoms with Gasteiger partial charge in [-0.2, -0.15) is 5.26 Å². The molecule has 0 amide bonds. The topological polar surface area (TPSA) is 116 Å². The number of aromatic nitrogens is 3. The Morgan fingerprint density at radius 2 is 1.96 bits per heavy atom. The molecule has 2 aromatic heterocycles. The van der Waals surface area contributed by atoms with Crippen LogP contribution < -0.4 is 21.7 Å². The second-order valence-corrected chi connectivity index (χ2v) is 5.50. The lowest BCUT2D eigenvalue weighted by Crippen LogP contribution is -2.37. The first kappa shape index (κ1) is 16.3. The number of anilines is 1.